The van der Waals surface area contributed by atoms with E-state index in [-0.39, 0.29) is 5.91 Å². The Labute approximate surface area is 173 Å². The zero-order valence-electron chi connectivity index (χ0n) is 18.0. The number of hydrogen-bond acceptors (Lipinski definition) is 5. The van der Waals surface area contributed by atoms with Gasteiger partial charge in [-0.3, -0.25) is 18.9 Å². The molecule has 3 amide bonds. The van der Waals surface area contributed by atoms with E-state index in [1.807, 2.05) is 20.8 Å². The molecule has 0 saturated heterocycles. The van der Waals surface area contributed by atoms with Crippen LogP contribution in [0.1, 0.15) is 66.2 Å². The van der Waals surface area contributed by atoms with E-state index in [1.54, 1.807) is 7.05 Å². The van der Waals surface area contributed by atoms with Gasteiger partial charge in [-0.05, 0) is 33.2 Å². The van der Waals surface area contributed by atoms with Gasteiger partial charge in [-0.25, -0.2) is 0 Å². The minimum Gasteiger partial charge on any atom is -0.343 e. The van der Waals surface area contributed by atoms with Gasteiger partial charge in [0.25, 0.3) is 0 Å². The maximum atomic E-state index is 12.7. The minimum atomic E-state index is -4.48. The predicted octanol–water partition coefficient (Wildman–Crippen LogP) is 0.584. The number of carbonyl (C=O) groups excluding carboxylic acids is 3. The SMILES string of the molecule is CCC[C@H](NC)C(=O)N[C@@H](CCC)C(=O)N[C@@H](CCC)C(=O)N[C@@H](C)P(=O)(O)O. The Balaban J connectivity index is 5.18. The van der Waals surface area contributed by atoms with E-state index < -0.39 is 43.3 Å². The first-order valence-electron chi connectivity index (χ1n) is 10.1. The van der Waals surface area contributed by atoms with Crippen molar-refractivity contribution in [2.24, 2.45) is 0 Å². The van der Waals surface area contributed by atoms with Crippen LogP contribution in [0.4, 0.5) is 0 Å². The summed E-state index contributed by atoms with van der Waals surface area (Å²) in [5.41, 5.74) is 0. The molecule has 0 spiro atoms. The van der Waals surface area contributed by atoms with Crippen molar-refractivity contribution in [1.82, 2.24) is 21.3 Å². The fourth-order valence-electron chi connectivity index (χ4n) is 2.75. The van der Waals surface area contributed by atoms with Crippen LogP contribution in [0.2, 0.25) is 0 Å². The normalized spacial score (nSPS) is 15.7. The van der Waals surface area contributed by atoms with Gasteiger partial charge in [0.1, 0.15) is 17.9 Å². The van der Waals surface area contributed by atoms with Gasteiger partial charge >= 0.3 is 7.60 Å². The Kier molecular flexibility index (Phi) is 13.0. The maximum Gasteiger partial charge on any atom is 0.347 e. The number of nitrogens with one attached hydrogen (secondary N) is 4. The standard InChI is InChI=1S/C18H37N4O6P/c1-6-9-13(19-5)16(23)21-15(11-8-3)18(25)22-14(10-7-2)17(24)20-12(4)29(26,27)28/h12-15,19H,6-11H2,1-5H3,(H,20,24)(H,21,23)(H,22,25)(H2,26,27,28)/t12-,13+,14+,15+/m1/s1. The highest BCUT2D eigenvalue weighted by Crippen LogP contribution is 2.39. The van der Waals surface area contributed by atoms with E-state index in [9.17, 15) is 18.9 Å². The van der Waals surface area contributed by atoms with Gasteiger partial charge < -0.3 is 31.1 Å². The second kappa shape index (κ2) is 13.7. The van der Waals surface area contributed by atoms with Crippen LogP contribution >= 0.6 is 7.60 Å². The second-order valence-corrected chi connectivity index (χ2v) is 9.06. The lowest BCUT2D eigenvalue weighted by atomic mass is 10.1. The number of amides is 3. The molecule has 170 valence electrons. The van der Waals surface area contributed by atoms with Crippen molar-refractivity contribution in [1.29, 1.82) is 0 Å². The molecule has 0 aromatic heterocycles. The van der Waals surface area contributed by atoms with Crippen molar-refractivity contribution in [3.8, 4) is 0 Å². The van der Waals surface area contributed by atoms with E-state index in [0.29, 0.717) is 32.1 Å². The number of likely N-dealkylation sites (N-methyl/N-ethyl adjacent to an activating group) is 1. The molecule has 0 fully saturated rings. The Bertz CT molecular complexity index is 583. The van der Waals surface area contributed by atoms with Crippen LogP contribution < -0.4 is 21.3 Å². The summed E-state index contributed by atoms with van der Waals surface area (Å²) < 4.78 is 11.3. The molecule has 0 aliphatic heterocycles. The van der Waals surface area contributed by atoms with Crippen LogP contribution in [-0.2, 0) is 18.9 Å². The Morgan fingerprint density at radius 1 is 0.759 bits per heavy atom. The van der Waals surface area contributed by atoms with Gasteiger partial charge in [-0.2, -0.15) is 0 Å². The molecule has 0 heterocycles. The highest BCUT2D eigenvalue weighted by atomic mass is 31.2. The lowest BCUT2D eigenvalue weighted by Gasteiger charge is -2.25. The predicted molar refractivity (Wildman–Crippen MR) is 111 cm³/mol. The molecule has 0 aliphatic carbocycles. The summed E-state index contributed by atoms with van der Waals surface area (Å²) in [5, 5.41) is 10.5. The highest BCUT2D eigenvalue weighted by molar-refractivity contribution is 7.52. The second-order valence-electron chi connectivity index (χ2n) is 7.10. The molecule has 10 nitrogen and oxygen atoms in total. The zero-order chi connectivity index (χ0) is 22.6. The maximum absolute atomic E-state index is 12.7. The first-order valence-corrected chi connectivity index (χ1v) is 11.8. The molecule has 11 heteroatoms. The zero-order valence-corrected chi connectivity index (χ0v) is 18.9. The van der Waals surface area contributed by atoms with Crippen molar-refractivity contribution in [3.05, 3.63) is 0 Å². The fourth-order valence-corrected chi connectivity index (χ4v) is 3.04. The Morgan fingerprint density at radius 2 is 1.10 bits per heavy atom. The van der Waals surface area contributed by atoms with E-state index in [4.69, 9.17) is 9.79 Å². The molecular weight excluding hydrogens is 399 g/mol. The van der Waals surface area contributed by atoms with Gasteiger partial charge in [-0.15, -0.1) is 0 Å². The molecule has 0 aromatic carbocycles. The average molecular weight is 436 g/mol. The quantitative estimate of drug-likeness (QED) is 0.218. The molecule has 0 radical (unpaired) electrons. The highest BCUT2D eigenvalue weighted by Gasteiger charge is 2.31. The van der Waals surface area contributed by atoms with Gasteiger partial charge in [-0.1, -0.05) is 40.0 Å². The van der Waals surface area contributed by atoms with Crippen molar-refractivity contribution in [3.63, 3.8) is 0 Å². The average Bonchev–Trinajstić information content (AvgIpc) is 2.64. The fraction of sp³-hybridized carbons (Fsp3) is 0.833. The molecule has 0 bridgehead atoms. The molecule has 0 rings (SSSR count). The van der Waals surface area contributed by atoms with E-state index in [1.165, 1.54) is 6.92 Å². The first kappa shape index (κ1) is 27.5. The number of hydrogen-bond donors (Lipinski definition) is 6. The van der Waals surface area contributed by atoms with Crippen LogP contribution in [-0.4, -0.2) is 58.5 Å². The summed E-state index contributed by atoms with van der Waals surface area (Å²) in [7, 11) is -2.80. The van der Waals surface area contributed by atoms with Crippen LogP contribution in [0.5, 0.6) is 0 Å². The van der Waals surface area contributed by atoms with Gasteiger partial charge in [0.05, 0.1) is 6.04 Å². The lowest BCUT2D eigenvalue weighted by Crippen LogP contribution is -2.56. The molecule has 0 aliphatic rings. The Hall–Kier alpha value is -1.48. The summed E-state index contributed by atoms with van der Waals surface area (Å²) in [6.07, 6.45) is 3.36. The van der Waals surface area contributed by atoms with E-state index in [2.05, 4.69) is 21.3 Å². The molecule has 0 unspecified atom stereocenters. The first-order chi connectivity index (χ1) is 13.5. The summed E-state index contributed by atoms with van der Waals surface area (Å²) in [6, 6.07) is -2.16. The summed E-state index contributed by atoms with van der Waals surface area (Å²) in [5.74, 6) is -2.81. The van der Waals surface area contributed by atoms with Gasteiger partial charge in [0.15, 0.2) is 0 Å². The van der Waals surface area contributed by atoms with E-state index in [0.717, 1.165) is 6.42 Å². The van der Waals surface area contributed by atoms with Crippen LogP contribution in [0.15, 0.2) is 0 Å². The minimum absolute atomic E-state index is 0.283. The van der Waals surface area contributed by atoms with Crippen molar-refractivity contribution >= 4 is 25.3 Å². The third-order valence-corrected chi connectivity index (χ3v) is 5.66. The molecule has 4 atom stereocenters. The van der Waals surface area contributed by atoms with Crippen LogP contribution in [0.25, 0.3) is 0 Å². The monoisotopic (exact) mass is 436 g/mol. The molecular formula is C18H37N4O6P. The van der Waals surface area contributed by atoms with Crippen LogP contribution in [0, 0.1) is 0 Å². The Morgan fingerprint density at radius 3 is 1.45 bits per heavy atom. The summed E-state index contributed by atoms with van der Waals surface area (Å²) >= 11 is 0. The smallest absolute Gasteiger partial charge is 0.343 e. The topological polar surface area (TPSA) is 157 Å². The molecule has 29 heavy (non-hydrogen) atoms. The van der Waals surface area contributed by atoms with E-state index >= 15 is 0 Å². The van der Waals surface area contributed by atoms with Gasteiger partial charge in [0.2, 0.25) is 17.7 Å². The lowest BCUT2D eigenvalue weighted by molar-refractivity contribution is -0.133. The summed E-state index contributed by atoms with van der Waals surface area (Å²) in [6.45, 7) is 6.87. The number of carbonyl (C=O) groups is 3. The van der Waals surface area contributed by atoms with Crippen molar-refractivity contribution in [2.45, 2.75) is 90.1 Å². The van der Waals surface area contributed by atoms with Crippen LogP contribution in [0.3, 0.4) is 0 Å². The van der Waals surface area contributed by atoms with Gasteiger partial charge in [0, 0.05) is 0 Å². The largest absolute Gasteiger partial charge is 0.347 e. The molecule has 0 aromatic rings. The molecule has 0 saturated carbocycles. The molecule has 6 N–H and O–H groups in total. The number of rotatable bonds is 14. The third-order valence-electron chi connectivity index (χ3n) is 4.52. The van der Waals surface area contributed by atoms with Crippen molar-refractivity contribution < 1.29 is 28.7 Å². The third kappa shape index (κ3) is 10.2. The van der Waals surface area contributed by atoms with Crippen molar-refractivity contribution in [2.75, 3.05) is 7.05 Å². The summed E-state index contributed by atoms with van der Waals surface area (Å²) in [4.78, 5) is 55.9.